The summed E-state index contributed by atoms with van der Waals surface area (Å²) in [6, 6.07) is 12.3. The van der Waals surface area contributed by atoms with Crippen LogP contribution in [0.25, 0.3) is 10.8 Å². The fourth-order valence-corrected chi connectivity index (χ4v) is 1.82. The van der Waals surface area contributed by atoms with Crippen LogP contribution in [0.4, 0.5) is 0 Å². The van der Waals surface area contributed by atoms with Gasteiger partial charge in [0, 0.05) is 64.5 Å². The van der Waals surface area contributed by atoms with Crippen molar-refractivity contribution in [3.63, 3.8) is 0 Å². The first kappa shape index (κ1) is 20.9. The van der Waals surface area contributed by atoms with E-state index in [9.17, 15) is 4.57 Å². The molecule has 0 aliphatic carbocycles. The second-order valence-electron chi connectivity index (χ2n) is 3.06. The zero-order valence-electron chi connectivity index (χ0n) is 10.2. The summed E-state index contributed by atoms with van der Waals surface area (Å²) in [4.78, 5) is 17.4. The Hall–Kier alpha value is 0.610. The van der Waals surface area contributed by atoms with Gasteiger partial charge in [-0.3, -0.25) is 9.79 Å². The van der Waals surface area contributed by atoms with Crippen molar-refractivity contribution in [3.8, 4) is 5.75 Å². The molecule has 0 amide bonds. The van der Waals surface area contributed by atoms with Crippen LogP contribution >= 0.6 is 7.82 Å². The van der Waals surface area contributed by atoms with E-state index in [-0.39, 0.29) is 70.3 Å². The van der Waals surface area contributed by atoms with Gasteiger partial charge in [-0.25, -0.2) is 4.57 Å². The number of phosphoric ester groups is 1. The van der Waals surface area contributed by atoms with E-state index in [1.807, 2.05) is 18.2 Å². The van der Waals surface area contributed by atoms with Crippen LogP contribution in [0.2, 0.25) is 0 Å². The molecule has 0 saturated carbocycles. The number of hydrogen-bond acceptors (Lipinski definition) is 2. The molecule has 4 N–H and O–H groups in total. The minimum atomic E-state index is -4.49. The maximum absolute atomic E-state index is 10.7. The summed E-state index contributed by atoms with van der Waals surface area (Å²) in [5.41, 5.74) is 0. The summed E-state index contributed by atoms with van der Waals surface area (Å²) >= 11 is 0. The molecule has 0 unspecified atom stereocenters. The molecule has 0 bridgehead atoms. The first-order valence-corrected chi connectivity index (χ1v) is 5.82. The molecule has 2 aromatic carbocycles. The molecule has 88 valence electrons. The molecule has 2 rings (SSSR count). The Kier molecular flexibility index (Phi) is 10.1. The molecule has 5 nitrogen and oxygen atoms in total. The van der Waals surface area contributed by atoms with E-state index in [4.69, 9.17) is 9.79 Å². The molecule has 0 aliphatic rings. The first-order chi connectivity index (χ1) is 7.06. The van der Waals surface area contributed by atoms with E-state index < -0.39 is 7.82 Å². The number of benzene rings is 2. The molecule has 2 aromatic rings. The van der Waals surface area contributed by atoms with Gasteiger partial charge in [-0.2, -0.15) is 0 Å². The summed E-state index contributed by atoms with van der Waals surface area (Å²) in [7, 11) is -4.49. The van der Waals surface area contributed by atoms with Crippen molar-refractivity contribution in [1.82, 2.24) is 0 Å². The van der Waals surface area contributed by atoms with Gasteiger partial charge in [0.1, 0.15) is 5.75 Å². The molecule has 0 fully saturated rings. The van der Waals surface area contributed by atoms with Crippen LogP contribution in [-0.2, 0) is 4.57 Å². The molecular formula is C10H11Na2O5P. The fraction of sp³-hybridized carbons (Fsp3) is 0. The van der Waals surface area contributed by atoms with Gasteiger partial charge in [-0.1, -0.05) is 36.4 Å². The van der Waals surface area contributed by atoms with Crippen molar-refractivity contribution in [2.45, 2.75) is 0 Å². The van der Waals surface area contributed by atoms with Gasteiger partial charge in [0.05, 0.1) is 0 Å². The Morgan fingerprint density at radius 1 is 0.944 bits per heavy atom. The summed E-state index contributed by atoms with van der Waals surface area (Å²) in [6.45, 7) is 0. The van der Waals surface area contributed by atoms with E-state index in [0.717, 1.165) is 5.39 Å². The Morgan fingerprint density at radius 2 is 1.50 bits per heavy atom. The predicted molar refractivity (Wildman–Crippen MR) is 71.7 cm³/mol. The second-order valence-corrected chi connectivity index (χ2v) is 4.22. The molecule has 0 saturated heterocycles. The van der Waals surface area contributed by atoms with Gasteiger partial charge < -0.3 is 10.00 Å². The molecule has 2 radical (unpaired) electrons. The normalized spacial score (nSPS) is 9.67. The molecule has 8 heteroatoms. The minimum Gasteiger partial charge on any atom is -0.412 e. The second kappa shape index (κ2) is 8.72. The zero-order chi connectivity index (χ0) is 10.9. The van der Waals surface area contributed by atoms with E-state index in [1.54, 1.807) is 18.2 Å². The van der Waals surface area contributed by atoms with Crippen LogP contribution in [-0.4, -0.2) is 74.4 Å². The molecule has 0 spiro atoms. The Bertz CT molecular complexity index is 537. The summed E-state index contributed by atoms with van der Waals surface area (Å²) in [6.07, 6.45) is 0. The smallest absolute Gasteiger partial charge is 0.412 e. The van der Waals surface area contributed by atoms with E-state index in [1.165, 1.54) is 6.07 Å². The van der Waals surface area contributed by atoms with E-state index in [2.05, 4.69) is 4.52 Å². The third-order valence-corrected chi connectivity index (χ3v) is 2.40. The van der Waals surface area contributed by atoms with Crippen molar-refractivity contribution in [3.05, 3.63) is 42.5 Å². The van der Waals surface area contributed by atoms with Crippen molar-refractivity contribution in [2.24, 2.45) is 0 Å². The van der Waals surface area contributed by atoms with Crippen LogP contribution in [0.5, 0.6) is 5.75 Å². The number of fused-ring (bicyclic) bond motifs is 1. The van der Waals surface area contributed by atoms with Gasteiger partial charge in [0.2, 0.25) is 0 Å². The minimum absolute atomic E-state index is 0. The molecule has 18 heavy (non-hydrogen) atoms. The predicted octanol–water partition coefficient (Wildman–Crippen LogP) is 0.725. The van der Waals surface area contributed by atoms with Crippen molar-refractivity contribution < 1.29 is 24.4 Å². The van der Waals surface area contributed by atoms with Gasteiger partial charge >= 0.3 is 7.82 Å². The first-order valence-electron chi connectivity index (χ1n) is 4.29. The standard InChI is InChI=1S/C10H9O4P.2Na.H2O/c11-15(12,13)14-10-7-3-5-8-4-1-2-6-9(8)10;;;/h1-7H,(H2,11,12,13);;;1H2. The van der Waals surface area contributed by atoms with Crippen molar-refractivity contribution in [2.75, 3.05) is 0 Å². The fourth-order valence-electron chi connectivity index (χ4n) is 1.40. The average Bonchev–Trinajstić information content (AvgIpc) is 2.16. The molecule has 0 aromatic heterocycles. The van der Waals surface area contributed by atoms with Crippen molar-refractivity contribution >= 4 is 77.7 Å². The monoisotopic (exact) mass is 288 g/mol. The third-order valence-electron chi connectivity index (χ3n) is 1.97. The Labute approximate surface area is 149 Å². The van der Waals surface area contributed by atoms with Crippen LogP contribution in [0.3, 0.4) is 0 Å². The van der Waals surface area contributed by atoms with Crippen LogP contribution < -0.4 is 4.52 Å². The van der Waals surface area contributed by atoms with E-state index >= 15 is 0 Å². The van der Waals surface area contributed by atoms with Crippen LogP contribution in [0.15, 0.2) is 42.5 Å². The SMILES string of the molecule is O.O=P(O)(O)Oc1cccc2ccccc12.[Na].[Na]. The molecular weight excluding hydrogens is 277 g/mol. The number of phosphoric acid groups is 1. The van der Waals surface area contributed by atoms with Crippen molar-refractivity contribution in [1.29, 1.82) is 0 Å². The summed E-state index contributed by atoms with van der Waals surface area (Å²) in [5.74, 6) is 0.196. The topological polar surface area (TPSA) is 98.3 Å². The number of rotatable bonds is 2. The summed E-state index contributed by atoms with van der Waals surface area (Å²) in [5, 5.41) is 1.56. The Morgan fingerprint density at radius 3 is 2.11 bits per heavy atom. The van der Waals surface area contributed by atoms with Crippen LogP contribution in [0.1, 0.15) is 0 Å². The van der Waals surface area contributed by atoms with Gasteiger partial charge in [-0.15, -0.1) is 0 Å². The summed E-state index contributed by atoms with van der Waals surface area (Å²) < 4.78 is 15.3. The molecule has 0 heterocycles. The van der Waals surface area contributed by atoms with Gasteiger partial charge in [0.25, 0.3) is 0 Å². The van der Waals surface area contributed by atoms with Gasteiger partial charge in [0.15, 0.2) is 0 Å². The van der Waals surface area contributed by atoms with E-state index in [0.29, 0.717) is 5.39 Å². The molecule has 0 atom stereocenters. The van der Waals surface area contributed by atoms with Gasteiger partial charge in [-0.05, 0) is 11.5 Å². The zero-order valence-corrected chi connectivity index (χ0v) is 15.1. The average molecular weight is 288 g/mol. The number of hydrogen-bond donors (Lipinski definition) is 2. The maximum Gasteiger partial charge on any atom is 0.524 e. The molecule has 0 aliphatic heterocycles. The quantitative estimate of drug-likeness (QED) is 0.628. The third kappa shape index (κ3) is 5.72. The maximum atomic E-state index is 10.7. The Balaban J connectivity index is 0. The van der Waals surface area contributed by atoms with Crippen LogP contribution in [0, 0.1) is 0 Å². The largest absolute Gasteiger partial charge is 0.524 e.